The van der Waals surface area contributed by atoms with Crippen LogP contribution in [0.15, 0.2) is 42.5 Å². The second-order valence-corrected chi connectivity index (χ2v) is 8.51. The number of amides is 1. The van der Waals surface area contributed by atoms with Crippen molar-refractivity contribution in [3.05, 3.63) is 59.2 Å². The lowest BCUT2D eigenvalue weighted by atomic mass is 10.1. The van der Waals surface area contributed by atoms with E-state index in [1.165, 1.54) is 18.2 Å². The molecule has 2 aromatic carbocycles. The first-order valence-corrected chi connectivity index (χ1v) is 10.3. The number of hydrogen-bond donors (Lipinski definition) is 1. The molecule has 2 aromatic rings. The van der Waals surface area contributed by atoms with Crippen LogP contribution in [0, 0.1) is 0 Å². The number of ketones is 1. The Kier molecular flexibility index (Phi) is 8.27. The van der Waals surface area contributed by atoms with E-state index in [4.69, 9.17) is 9.47 Å². The van der Waals surface area contributed by atoms with Crippen molar-refractivity contribution in [3.8, 4) is 5.75 Å². The summed E-state index contributed by atoms with van der Waals surface area (Å²) in [5.74, 6) is -4.07. The molecule has 0 spiro atoms. The van der Waals surface area contributed by atoms with Gasteiger partial charge in [0.2, 0.25) is 5.78 Å². The van der Waals surface area contributed by atoms with Gasteiger partial charge in [-0.15, -0.1) is 0 Å². The van der Waals surface area contributed by atoms with Crippen molar-refractivity contribution >= 4 is 29.5 Å². The maximum absolute atomic E-state index is 12.9. The number of carbonyl (C=O) groups excluding carboxylic acids is 3. The van der Waals surface area contributed by atoms with Gasteiger partial charge >= 0.3 is 24.2 Å². The highest BCUT2D eigenvalue weighted by Gasteiger charge is 2.30. The van der Waals surface area contributed by atoms with Gasteiger partial charge in [-0.05, 0) is 63.1 Å². The Balaban J connectivity index is 2.38. The number of carboxylic acid groups (broad SMARTS) is 1. The fraction of sp³-hybridized carbons (Fsp3) is 0.333. The summed E-state index contributed by atoms with van der Waals surface area (Å²) in [6.07, 6.45) is -5.18. The lowest BCUT2D eigenvalue weighted by Gasteiger charge is -2.28. The number of nitrogens with zero attached hydrogens (tertiary/aromatic N) is 1. The van der Waals surface area contributed by atoms with E-state index in [-0.39, 0.29) is 18.7 Å². The largest absolute Gasteiger partial charge is 0.478 e. The van der Waals surface area contributed by atoms with Gasteiger partial charge in [-0.3, -0.25) is 9.69 Å². The number of benzene rings is 2. The van der Waals surface area contributed by atoms with E-state index in [0.717, 1.165) is 36.1 Å². The summed E-state index contributed by atoms with van der Waals surface area (Å²) in [4.78, 5) is 48.5. The second kappa shape index (κ2) is 10.6. The third-order valence-corrected chi connectivity index (χ3v) is 4.51. The quantitative estimate of drug-likeness (QED) is 0.331. The summed E-state index contributed by atoms with van der Waals surface area (Å²) in [5, 5.41) is 9.55. The molecule has 0 heterocycles. The molecule has 188 valence electrons. The first kappa shape index (κ1) is 27.4. The minimum atomic E-state index is -4.48. The number of esters is 1. The van der Waals surface area contributed by atoms with Crippen molar-refractivity contribution in [3.63, 3.8) is 0 Å². The molecule has 2 rings (SSSR count). The summed E-state index contributed by atoms with van der Waals surface area (Å²) in [6, 6.07) is 7.90. The van der Waals surface area contributed by atoms with E-state index in [1.54, 1.807) is 20.8 Å². The van der Waals surface area contributed by atoms with E-state index >= 15 is 0 Å². The van der Waals surface area contributed by atoms with Gasteiger partial charge in [-0.1, -0.05) is 12.1 Å². The maximum atomic E-state index is 12.9. The lowest BCUT2D eigenvalue weighted by molar-refractivity contribution is -0.146. The van der Waals surface area contributed by atoms with Gasteiger partial charge in [0.05, 0.1) is 5.56 Å². The highest BCUT2D eigenvalue weighted by atomic mass is 19.4. The molecule has 0 aliphatic carbocycles. The van der Waals surface area contributed by atoms with Crippen LogP contribution in [-0.4, -0.2) is 41.1 Å². The summed E-state index contributed by atoms with van der Waals surface area (Å²) >= 11 is 0. The SMILES string of the molecule is CC(=O)C(=O)Oc1ccc(N(CCc2ccc(C(F)(F)F)cc2)C(=O)OC(C)(C)C)cc1C(=O)O. The van der Waals surface area contributed by atoms with Crippen LogP contribution in [0.25, 0.3) is 0 Å². The fourth-order valence-corrected chi connectivity index (χ4v) is 2.86. The molecule has 0 radical (unpaired) electrons. The zero-order chi connectivity index (χ0) is 26.6. The van der Waals surface area contributed by atoms with Crippen LogP contribution in [0.2, 0.25) is 0 Å². The Morgan fingerprint density at radius 2 is 1.57 bits per heavy atom. The number of alkyl halides is 3. The van der Waals surface area contributed by atoms with Gasteiger partial charge < -0.3 is 14.6 Å². The number of carboxylic acids is 1. The fourth-order valence-electron chi connectivity index (χ4n) is 2.86. The summed E-state index contributed by atoms with van der Waals surface area (Å²) < 4.78 is 48.6. The van der Waals surface area contributed by atoms with Gasteiger partial charge in [-0.2, -0.15) is 13.2 Å². The molecule has 0 fully saturated rings. The second-order valence-electron chi connectivity index (χ2n) is 8.51. The van der Waals surface area contributed by atoms with Crippen LogP contribution >= 0.6 is 0 Å². The molecule has 0 bridgehead atoms. The molecule has 0 aromatic heterocycles. The number of halogens is 3. The Bertz CT molecular complexity index is 1120. The van der Waals surface area contributed by atoms with Crippen LogP contribution in [0.1, 0.15) is 49.2 Å². The average Bonchev–Trinajstić information content (AvgIpc) is 2.72. The average molecular weight is 495 g/mol. The van der Waals surface area contributed by atoms with Crippen LogP contribution < -0.4 is 9.64 Å². The van der Waals surface area contributed by atoms with Crippen molar-refractivity contribution in [2.75, 3.05) is 11.4 Å². The van der Waals surface area contributed by atoms with E-state index in [9.17, 15) is 37.5 Å². The predicted molar refractivity (Wildman–Crippen MR) is 118 cm³/mol. The van der Waals surface area contributed by atoms with Crippen LogP contribution in [0.4, 0.5) is 23.7 Å². The molecule has 0 aliphatic heterocycles. The van der Waals surface area contributed by atoms with Crippen molar-refractivity contribution in [2.24, 2.45) is 0 Å². The third kappa shape index (κ3) is 7.83. The van der Waals surface area contributed by atoms with Crippen molar-refractivity contribution in [1.29, 1.82) is 0 Å². The third-order valence-electron chi connectivity index (χ3n) is 4.51. The number of ether oxygens (including phenoxy) is 2. The van der Waals surface area contributed by atoms with Crippen molar-refractivity contribution < 1.29 is 46.9 Å². The lowest BCUT2D eigenvalue weighted by Crippen LogP contribution is -2.38. The molecule has 1 amide bonds. The number of anilines is 1. The van der Waals surface area contributed by atoms with Gasteiger partial charge in [-0.25, -0.2) is 14.4 Å². The zero-order valence-corrected chi connectivity index (χ0v) is 19.4. The number of aromatic carboxylic acids is 1. The minimum Gasteiger partial charge on any atom is -0.478 e. The molecule has 1 N–H and O–H groups in total. The number of hydrogen-bond acceptors (Lipinski definition) is 6. The summed E-state index contributed by atoms with van der Waals surface area (Å²) in [6.45, 7) is 5.79. The number of rotatable bonds is 7. The summed E-state index contributed by atoms with van der Waals surface area (Å²) in [7, 11) is 0. The monoisotopic (exact) mass is 495 g/mol. The molecule has 35 heavy (non-hydrogen) atoms. The summed E-state index contributed by atoms with van der Waals surface area (Å²) in [5.41, 5.74) is -1.62. The first-order chi connectivity index (χ1) is 16.1. The Hall–Kier alpha value is -3.89. The highest BCUT2D eigenvalue weighted by Crippen LogP contribution is 2.30. The van der Waals surface area contributed by atoms with E-state index < -0.39 is 52.5 Å². The highest BCUT2D eigenvalue weighted by molar-refractivity contribution is 6.33. The molecule has 11 heteroatoms. The molecule has 0 atom stereocenters. The molecular weight excluding hydrogens is 471 g/mol. The normalized spacial score (nSPS) is 11.5. The molecule has 0 saturated carbocycles. The predicted octanol–water partition coefficient (Wildman–Crippen LogP) is 4.88. The molecule has 0 unspecified atom stereocenters. The van der Waals surface area contributed by atoms with Gasteiger partial charge in [0.25, 0.3) is 0 Å². The first-order valence-electron chi connectivity index (χ1n) is 10.3. The van der Waals surface area contributed by atoms with Gasteiger partial charge in [0.1, 0.15) is 16.9 Å². The Morgan fingerprint density at radius 3 is 2.06 bits per heavy atom. The van der Waals surface area contributed by atoms with Crippen molar-refractivity contribution in [2.45, 2.75) is 45.9 Å². The topological polar surface area (TPSA) is 110 Å². The van der Waals surface area contributed by atoms with Gasteiger partial charge in [0.15, 0.2) is 0 Å². The van der Waals surface area contributed by atoms with Gasteiger partial charge in [0, 0.05) is 19.2 Å². The van der Waals surface area contributed by atoms with Crippen LogP contribution in [-0.2, 0) is 26.9 Å². The number of Topliss-reactive ketones (excluding diaryl/α,β-unsaturated/α-hetero) is 1. The molecule has 0 aliphatic rings. The van der Waals surface area contributed by atoms with Crippen molar-refractivity contribution in [1.82, 2.24) is 0 Å². The van der Waals surface area contributed by atoms with E-state index in [0.29, 0.717) is 5.56 Å². The zero-order valence-electron chi connectivity index (χ0n) is 19.4. The molecule has 8 nitrogen and oxygen atoms in total. The maximum Gasteiger partial charge on any atom is 0.416 e. The van der Waals surface area contributed by atoms with Crippen LogP contribution in [0.5, 0.6) is 5.75 Å². The smallest absolute Gasteiger partial charge is 0.416 e. The molecular formula is C24H24F3NO7. The number of carbonyl (C=O) groups is 4. The Labute approximate surface area is 199 Å². The minimum absolute atomic E-state index is 0.0636. The van der Waals surface area contributed by atoms with E-state index in [1.807, 2.05) is 0 Å². The van der Waals surface area contributed by atoms with Crippen LogP contribution in [0.3, 0.4) is 0 Å². The standard InChI is InChI=1S/C24H24F3NO7/c1-14(29)21(32)34-19-10-9-17(13-18(19)20(30)31)28(22(33)35-23(2,3)4)12-11-15-5-7-16(8-6-15)24(25,26)27/h5-10,13H,11-12H2,1-4H3,(H,30,31). The molecule has 0 saturated heterocycles. The van der Waals surface area contributed by atoms with E-state index in [2.05, 4.69) is 0 Å². The Morgan fingerprint density at radius 1 is 0.971 bits per heavy atom.